The minimum absolute atomic E-state index is 0.00683. The number of hydrogen-bond acceptors (Lipinski definition) is 32. The number of hydrogen-bond donors (Lipinski definition) is 30. The summed E-state index contributed by atoms with van der Waals surface area (Å²) in [7, 11) is 0. The monoisotopic (exact) mass is 2010 g/mol. The van der Waals surface area contributed by atoms with Crippen LogP contribution in [0.2, 0.25) is 0 Å². The summed E-state index contributed by atoms with van der Waals surface area (Å²) >= 11 is 3.93. The number of carbonyl (C=O) groups is 21. The molecule has 3 rings (SSSR count). The lowest BCUT2D eigenvalue weighted by Crippen LogP contribution is -2.63. The van der Waals surface area contributed by atoms with Crippen LogP contribution in [0.3, 0.4) is 0 Å². The SMILES string of the molecule is CC(C)C[C@H](NC(=O)CNC(=O)[C@@H](N)CCC(N)=O)C(=O)N[C@@H](CC(C)C)C(=O)N1CCC[C@H]1C(=O)N[C@@H](CC(C)C)C(=O)N[C@@H](Cc1ccc(O)cc1)C(=O)N1CCC[C@H]1C(=O)N[C@H](C(=O)N[C@H](C(=O)N[C@@H](CO)C(=O)N[C@@H](CO)C(=O)N[C@@H](C)C(=O)N[C@H](C(=O)N[C@@H](CC(C)C)C(=O)N[C@@H](CO)C(=O)N[C@@H](CO)C(=O)N[C@@H](CO)C(=O)N[C@@H](CS)C(=O)N[C@@H](CO)C(=O)O)[C@@H](C)O)[C@@H](C)O)C(C)C. The van der Waals surface area contributed by atoms with Crippen LogP contribution in [0.4, 0.5) is 0 Å². The van der Waals surface area contributed by atoms with Crippen LogP contribution in [0.5, 0.6) is 5.75 Å². The molecule has 0 saturated carbocycles. The molecule has 20 amide bonds. The van der Waals surface area contributed by atoms with Gasteiger partial charge < -0.3 is 163 Å². The van der Waals surface area contributed by atoms with Crippen LogP contribution in [0, 0.1) is 29.6 Å². The number of carboxylic acid groups (broad SMARTS) is 1. The summed E-state index contributed by atoms with van der Waals surface area (Å²) in [5.74, 6) is -24.8. The Bertz CT molecular complexity index is 4420. The fraction of sp³-hybridized carbons (Fsp3) is 0.690. The quantitative estimate of drug-likeness (QED) is 0.0269. The normalized spacial score (nSPS) is 17.7. The first-order valence-electron chi connectivity index (χ1n) is 46.0. The minimum Gasteiger partial charge on any atom is -0.508 e. The molecular weight excluding hydrogens is 1870 g/mol. The summed E-state index contributed by atoms with van der Waals surface area (Å²) in [6.07, 6.45) is -3.44. The highest BCUT2D eigenvalue weighted by Crippen LogP contribution is 2.25. The molecule has 788 valence electrons. The molecule has 0 unspecified atom stereocenters. The number of nitrogens with zero attached hydrogens (tertiary/aromatic N) is 2. The molecule has 0 spiro atoms. The molecule has 31 N–H and O–H groups in total. The van der Waals surface area contributed by atoms with Crippen molar-refractivity contribution in [1.82, 2.24) is 100 Å². The molecule has 0 aliphatic carbocycles. The number of aliphatic hydroxyl groups excluding tert-OH is 8. The van der Waals surface area contributed by atoms with Gasteiger partial charge in [-0.1, -0.05) is 81.4 Å². The number of rotatable bonds is 60. The zero-order chi connectivity index (χ0) is 106. The Morgan fingerprint density at radius 2 is 0.700 bits per heavy atom. The van der Waals surface area contributed by atoms with Crippen LogP contribution in [0.15, 0.2) is 24.3 Å². The maximum atomic E-state index is 15.1. The Hall–Kier alpha value is -12.1. The lowest BCUT2D eigenvalue weighted by Gasteiger charge is -2.33. The van der Waals surface area contributed by atoms with Crippen molar-refractivity contribution in [3.05, 3.63) is 29.8 Å². The molecule has 2 fully saturated rings. The molecular formula is C87H143N21O31S. The minimum atomic E-state index is -2.03. The van der Waals surface area contributed by atoms with Crippen LogP contribution in [0.1, 0.15) is 160 Å². The van der Waals surface area contributed by atoms with Gasteiger partial charge >= 0.3 is 5.97 Å². The molecule has 0 radical (unpaired) electrons. The molecule has 1 aromatic carbocycles. The van der Waals surface area contributed by atoms with Gasteiger partial charge in [0.25, 0.3) is 0 Å². The smallest absolute Gasteiger partial charge is 0.328 e. The number of carboxylic acids is 1. The number of aliphatic carboxylic acids is 1. The summed E-state index contributed by atoms with van der Waals surface area (Å²) in [4.78, 5) is 288. The van der Waals surface area contributed by atoms with E-state index in [1.54, 1.807) is 55.4 Å². The summed E-state index contributed by atoms with van der Waals surface area (Å²) in [5, 5.41) is 141. The van der Waals surface area contributed by atoms with Gasteiger partial charge in [0.2, 0.25) is 118 Å². The largest absolute Gasteiger partial charge is 0.508 e. The highest BCUT2D eigenvalue weighted by Gasteiger charge is 2.46. The van der Waals surface area contributed by atoms with Crippen molar-refractivity contribution >= 4 is 137 Å². The lowest BCUT2D eigenvalue weighted by atomic mass is 9.99. The number of aliphatic hydroxyl groups is 8. The summed E-state index contributed by atoms with van der Waals surface area (Å²) in [6, 6.07) is -25.3. The van der Waals surface area contributed by atoms with Crippen LogP contribution in [0.25, 0.3) is 0 Å². The maximum absolute atomic E-state index is 15.1. The molecule has 2 heterocycles. The average Bonchev–Trinajstić information content (AvgIpc) is 1.57. The summed E-state index contributed by atoms with van der Waals surface area (Å²) in [5.41, 5.74) is 11.4. The van der Waals surface area contributed by atoms with Crippen molar-refractivity contribution in [2.45, 2.75) is 288 Å². The van der Waals surface area contributed by atoms with Crippen molar-refractivity contribution in [1.29, 1.82) is 0 Å². The zero-order valence-electron chi connectivity index (χ0n) is 80.7. The number of aromatic hydroxyl groups is 1. The number of nitrogens with two attached hydrogens (primary N) is 2. The zero-order valence-corrected chi connectivity index (χ0v) is 81.6. The fourth-order valence-corrected chi connectivity index (χ4v) is 14.9. The molecule has 21 atom stereocenters. The van der Waals surface area contributed by atoms with Gasteiger partial charge in [-0.25, -0.2) is 4.79 Å². The second-order valence-corrected chi connectivity index (χ2v) is 36.8. The number of phenols is 1. The van der Waals surface area contributed by atoms with E-state index in [-0.39, 0.29) is 101 Å². The summed E-state index contributed by atoms with van der Waals surface area (Å²) < 4.78 is 0. The third-order valence-electron chi connectivity index (χ3n) is 22.3. The van der Waals surface area contributed by atoms with E-state index >= 15 is 4.79 Å². The molecule has 2 aliphatic heterocycles. The Morgan fingerprint density at radius 3 is 1.09 bits per heavy atom. The van der Waals surface area contributed by atoms with E-state index in [2.05, 4.69) is 87.1 Å². The van der Waals surface area contributed by atoms with Crippen LogP contribution in [-0.4, -0.2) is 377 Å². The van der Waals surface area contributed by atoms with E-state index in [9.17, 15) is 142 Å². The van der Waals surface area contributed by atoms with E-state index in [1.807, 2.05) is 16.0 Å². The third-order valence-corrected chi connectivity index (χ3v) is 22.7. The number of benzene rings is 1. The molecule has 2 aliphatic rings. The van der Waals surface area contributed by atoms with Gasteiger partial charge in [0.05, 0.1) is 64.4 Å². The van der Waals surface area contributed by atoms with Crippen LogP contribution in [-0.2, 0) is 107 Å². The second-order valence-electron chi connectivity index (χ2n) is 36.4. The number of thiol groups is 1. The number of amides is 20. The van der Waals surface area contributed by atoms with Gasteiger partial charge in [0, 0.05) is 31.7 Å². The standard InChI is InChI=1S/C87H143N21O31S/c1-39(2)26-50(92-65(119)31-90-70(121)49(88)22-23-64(89)118)71(122)95-53(29-42(7)8)85(136)107-24-14-16-62(107)80(131)93-51(27-40(3)4)72(123)96-54(30-47-18-20-48(117)21-19-47)86(137)108-25-15-17-63(108)81(132)104-66(43(9)10)82(133)106-68(46(13)116)84(135)101-59(36-113)77(128)98-55(32-109)74(125)91-44(11)69(120)105-67(45(12)115)83(134)94-52(28-41(5)6)73(124)97-56(33-110)75(126)99-57(34-111)76(127)100-58(35-112)78(129)103-61(38-140)79(130)102-60(37-114)87(138)139/h18-21,39-46,49-63,66-68,109-117,140H,14-17,22-38,88H2,1-13H3,(H2,89,118)(H,90,121)(H,91,125)(H,92,119)(H,93,131)(H,94,134)(H,95,122)(H,96,123)(H,97,124)(H,98,128)(H,99,126)(H,100,127)(H,101,135)(H,102,130)(H,103,129)(H,104,132)(H,105,120)(H,106,133)(H,138,139)/t44-,45+,46+,49-,50-,51-,52-,53-,54-,55-,56-,57-,58-,59-,60-,61-,62-,63-,66-,67-,68-/m0/s1. The molecule has 1 aromatic rings. The first kappa shape index (κ1) is 122. The first-order chi connectivity index (χ1) is 65.6. The second kappa shape index (κ2) is 60.1. The van der Waals surface area contributed by atoms with Gasteiger partial charge in [-0.3, -0.25) is 95.9 Å². The topological polar surface area (TPSA) is 824 Å². The van der Waals surface area contributed by atoms with Gasteiger partial charge in [0.15, 0.2) is 0 Å². The Labute approximate surface area is 814 Å². The van der Waals surface area contributed by atoms with Crippen molar-refractivity contribution < 1.29 is 152 Å². The molecule has 53 heteroatoms. The molecule has 0 bridgehead atoms. The summed E-state index contributed by atoms with van der Waals surface area (Å²) in [6.45, 7) is 12.4. The highest BCUT2D eigenvalue weighted by molar-refractivity contribution is 7.80. The van der Waals surface area contributed by atoms with E-state index in [0.717, 1.165) is 20.8 Å². The van der Waals surface area contributed by atoms with Crippen molar-refractivity contribution in [3.8, 4) is 5.75 Å². The van der Waals surface area contributed by atoms with Crippen molar-refractivity contribution in [3.63, 3.8) is 0 Å². The van der Waals surface area contributed by atoms with Gasteiger partial charge in [-0.2, -0.15) is 12.6 Å². The van der Waals surface area contributed by atoms with E-state index in [4.69, 9.17) is 16.6 Å². The number of likely N-dealkylation sites (tertiary alicyclic amines) is 2. The molecule has 140 heavy (non-hydrogen) atoms. The predicted molar refractivity (Wildman–Crippen MR) is 497 cm³/mol. The van der Waals surface area contributed by atoms with Crippen molar-refractivity contribution in [2.24, 2.45) is 41.1 Å². The Morgan fingerprint density at radius 1 is 0.379 bits per heavy atom. The van der Waals surface area contributed by atoms with Crippen molar-refractivity contribution in [2.75, 3.05) is 65.0 Å². The fourth-order valence-electron chi connectivity index (χ4n) is 14.7. The molecule has 2 saturated heterocycles. The van der Waals surface area contributed by atoms with Crippen LogP contribution < -0.4 is 102 Å². The average molecular weight is 2010 g/mol. The van der Waals surface area contributed by atoms with Gasteiger partial charge in [-0.05, 0) is 126 Å². The molecule has 52 nitrogen and oxygen atoms in total. The maximum Gasteiger partial charge on any atom is 0.328 e. The first-order valence-corrected chi connectivity index (χ1v) is 46.7. The van der Waals surface area contributed by atoms with Crippen LogP contribution >= 0.6 is 12.6 Å². The predicted octanol–water partition coefficient (Wildman–Crippen LogP) is -12.0. The number of nitrogens with one attached hydrogen (secondary N) is 17. The highest BCUT2D eigenvalue weighted by atomic mass is 32.1. The number of phenolic OH excluding ortho intramolecular Hbond substituents is 1. The Kier molecular flexibility index (Phi) is 52.4. The Balaban J connectivity index is 1.77. The van der Waals surface area contributed by atoms with E-state index < -0.39 is 315 Å². The molecule has 0 aromatic heterocycles. The van der Waals surface area contributed by atoms with Gasteiger partial charge in [-0.15, -0.1) is 0 Å². The third kappa shape index (κ3) is 39.9. The number of primary amides is 1. The number of carbonyl (C=O) groups excluding carboxylic acids is 20. The van der Waals surface area contributed by atoms with Gasteiger partial charge in [0.1, 0.15) is 115 Å². The van der Waals surface area contributed by atoms with E-state index in [0.29, 0.717) is 12.0 Å². The van der Waals surface area contributed by atoms with E-state index in [1.165, 1.54) is 47.9 Å². The lowest BCUT2D eigenvalue weighted by molar-refractivity contribution is -0.144.